The van der Waals surface area contributed by atoms with Crippen LogP contribution in [0.5, 0.6) is 0 Å². The third kappa shape index (κ3) is 2.46. The Bertz CT molecular complexity index is 1020. The average molecular weight is 317 g/mol. The summed E-state index contributed by atoms with van der Waals surface area (Å²) in [7, 11) is 0. The molecule has 5 nitrogen and oxygen atoms in total. The summed E-state index contributed by atoms with van der Waals surface area (Å²) in [5, 5.41) is 2.89. The lowest BCUT2D eigenvalue weighted by molar-refractivity contribution is 0.0996. The average Bonchev–Trinajstić information content (AvgIpc) is 3.26. The number of carbonyl (C=O) groups is 1. The minimum absolute atomic E-state index is 0.274. The van der Waals surface area contributed by atoms with Crippen LogP contribution >= 0.6 is 0 Å². The number of nitrogens with one attached hydrogen (secondary N) is 1. The van der Waals surface area contributed by atoms with Crippen LogP contribution in [-0.4, -0.2) is 15.3 Å². The molecule has 0 radical (unpaired) electrons. The molecule has 3 aromatic heterocycles. The fourth-order valence-electron chi connectivity index (χ4n) is 2.69. The van der Waals surface area contributed by atoms with Gasteiger partial charge in [0.1, 0.15) is 5.65 Å². The highest BCUT2D eigenvalue weighted by atomic mass is 16.3. The van der Waals surface area contributed by atoms with Crippen molar-refractivity contribution >= 4 is 17.2 Å². The third-order valence-corrected chi connectivity index (χ3v) is 3.87. The topological polar surface area (TPSA) is 59.5 Å². The zero-order valence-corrected chi connectivity index (χ0v) is 13.1. The van der Waals surface area contributed by atoms with E-state index in [4.69, 9.17) is 9.40 Å². The van der Waals surface area contributed by atoms with Gasteiger partial charge >= 0.3 is 0 Å². The number of para-hydroxylation sites is 1. The van der Waals surface area contributed by atoms with Gasteiger partial charge in [-0.25, -0.2) is 4.98 Å². The fourth-order valence-corrected chi connectivity index (χ4v) is 2.69. The van der Waals surface area contributed by atoms with Crippen molar-refractivity contribution in [1.29, 1.82) is 0 Å². The molecule has 4 aromatic rings. The molecule has 0 aliphatic heterocycles. The first-order chi connectivity index (χ1) is 11.7. The van der Waals surface area contributed by atoms with Gasteiger partial charge in [-0.2, -0.15) is 0 Å². The Kier molecular flexibility index (Phi) is 3.39. The Morgan fingerprint density at radius 1 is 1.12 bits per heavy atom. The van der Waals surface area contributed by atoms with E-state index in [0.29, 0.717) is 5.69 Å². The third-order valence-electron chi connectivity index (χ3n) is 3.87. The van der Waals surface area contributed by atoms with Crippen LogP contribution in [0.25, 0.3) is 16.9 Å². The van der Waals surface area contributed by atoms with Gasteiger partial charge in [-0.1, -0.05) is 24.3 Å². The minimum Gasteiger partial charge on any atom is -0.459 e. The molecule has 5 heteroatoms. The van der Waals surface area contributed by atoms with E-state index in [9.17, 15) is 4.79 Å². The molecule has 0 aliphatic rings. The first-order valence-corrected chi connectivity index (χ1v) is 7.61. The van der Waals surface area contributed by atoms with Crippen LogP contribution in [0.1, 0.15) is 16.1 Å². The highest BCUT2D eigenvalue weighted by Gasteiger charge is 2.14. The predicted octanol–water partition coefficient (Wildman–Crippen LogP) is 4.16. The maximum Gasteiger partial charge on any atom is 0.291 e. The monoisotopic (exact) mass is 317 g/mol. The Hall–Kier alpha value is -3.34. The molecular weight excluding hydrogens is 302 g/mol. The quantitative estimate of drug-likeness (QED) is 0.617. The number of pyridine rings is 1. The van der Waals surface area contributed by atoms with E-state index in [2.05, 4.69) is 5.32 Å². The summed E-state index contributed by atoms with van der Waals surface area (Å²) in [5.74, 6) is -0.0111. The number of benzene rings is 1. The van der Waals surface area contributed by atoms with Gasteiger partial charge in [0.25, 0.3) is 5.91 Å². The molecule has 118 valence electrons. The summed E-state index contributed by atoms with van der Waals surface area (Å²) in [6.07, 6.45) is 5.40. The summed E-state index contributed by atoms with van der Waals surface area (Å²) in [6, 6.07) is 14.9. The number of aryl methyl sites for hydroxylation is 1. The van der Waals surface area contributed by atoms with Crippen molar-refractivity contribution in [2.75, 3.05) is 5.32 Å². The number of amides is 1. The van der Waals surface area contributed by atoms with Crippen molar-refractivity contribution in [1.82, 2.24) is 9.38 Å². The zero-order chi connectivity index (χ0) is 16.5. The molecule has 0 unspecified atom stereocenters. The lowest BCUT2D eigenvalue weighted by atomic mass is 10.1. The molecular formula is C19H15N3O2. The van der Waals surface area contributed by atoms with Crippen LogP contribution in [-0.2, 0) is 0 Å². The van der Waals surface area contributed by atoms with Gasteiger partial charge < -0.3 is 14.1 Å². The van der Waals surface area contributed by atoms with Crippen molar-refractivity contribution in [2.24, 2.45) is 0 Å². The van der Waals surface area contributed by atoms with E-state index in [-0.39, 0.29) is 11.7 Å². The number of hydrogen-bond donors (Lipinski definition) is 1. The van der Waals surface area contributed by atoms with Gasteiger partial charge in [0, 0.05) is 18.0 Å². The molecule has 1 aromatic carbocycles. The maximum absolute atomic E-state index is 12.3. The molecule has 0 atom stereocenters. The molecule has 0 saturated heterocycles. The lowest BCUT2D eigenvalue weighted by Gasteiger charge is -2.08. The molecule has 0 bridgehead atoms. The van der Waals surface area contributed by atoms with E-state index in [1.807, 2.05) is 60.1 Å². The summed E-state index contributed by atoms with van der Waals surface area (Å²) in [4.78, 5) is 17.0. The Morgan fingerprint density at radius 3 is 2.79 bits per heavy atom. The predicted molar refractivity (Wildman–Crippen MR) is 92.0 cm³/mol. The molecule has 24 heavy (non-hydrogen) atoms. The van der Waals surface area contributed by atoms with Crippen LogP contribution in [0.4, 0.5) is 5.69 Å². The van der Waals surface area contributed by atoms with Crippen molar-refractivity contribution < 1.29 is 9.21 Å². The Balaban J connectivity index is 1.75. The van der Waals surface area contributed by atoms with Crippen LogP contribution in [0, 0.1) is 6.92 Å². The smallest absolute Gasteiger partial charge is 0.291 e. The van der Waals surface area contributed by atoms with E-state index in [1.165, 1.54) is 6.26 Å². The highest BCUT2D eigenvalue weighted by Crippen LogP contribution is 2.28. The van der Waals surface area contributed by atoms with Gasteiger partial charge in [0.15, 0.2) is 5.76 Å². The number of imidazole rings is 1. The van der Waals surface area contributed by atoms with Crippen molar-refractivity contribution in [3.05, 3.63) is 78.5 Å². The van der Waals surface area contributed by atoms with E-state index >= 15 is 0 Å². The van der Waals surface area contributed by atoms with Crippen LogP contribution < -0.4 is 5.32 Å². The van der Waals surface area contributed by atoms with Gasteiger partial charge in [-0.3, -0.25) is 4.79 Å². The number of fused-ring (bicyclic) bond motifs is 1. The molecule has 0 aliphatic carbocycles. The normalized spacial score (nSPS) is 10.9. The number of aromatic nitrogens is 2. The SMILES string of the molecule is Cc1cccn2cc(-c3ccccc3NC(=O)c3ccco3)nc12. The Labute approximate surface area is 138 Å². The zero-order valence-electron chi connectivity index (χ0n) is 13.1. The Morgan fingerprint density at radius 2 is 2.00 bits per heavy atom. The number of hydrogen-bond acceptors (Lipinski definition) is 3. The van der Waals surface area contributed by atoms with Crippen molar-refractivity contribution in [3.8, 4) is 11.3 Å². The molecule has 0 spiro atoms. The van der Waals surface area contributed by atoms with Gasteiger partial charge in [0.2, 0.25) is 0 Å². The van der Waals surface area contributed by atoms with E-state index in [0.717, 1.165) is 22.5 Å². The molecule has 1 N–H and O–H groups in total. The van der Waals surface area contributed by atoms with Gasteiger partial charge in [-0.15, -0.1) is 0 Å². The van der Waals surface area contributed by atoms with Gasteiger partial charge in [0.05, 0.1) is 17.6 Å². The first kappa shape index (κ1) is 14.3. The number of rotatable bonds is 3. The molecule has 0 fully saturated rings. The molecule has 1 amide bonds. The van der Waals surface area contributed by atoms with Crippen molar-refractivity contribution in [3.63, 3.8) is 0 Å². The van der Waals surface area contributed by atoms with Crippen LogP contribution in [0.15, 0.2) is 71.6 Å². The molecule has 4 rings (SSSR count). The number of carbonyl (C=O) groups excluding carboxylic acids is 1. The molecule has 0 saturated carbocycles. The van der Waals surface area contributed by atoms with Gasteiger partial charge in [-0.05, 0) is 36.8 Å². The summed E-state index contributed by atoms with van der Waals surface area (Å²) < 4.78 is 7.13. The van der Waals surface area contributed by atoms with Crippen LogP contribution in [0.3, 0.4) is 0 Å². The summed E-state index contributed by atoms with van der Waals surface area (Å²) in [5.41, 5.74) is 4.36. The standard InChI is InChI=1S/C19H15N3O2/c1-13-6-4-10-22-12-16(20-18(13)22)14-7-2-3-8-15(14)21-19(23)17-9-5-11-24-17/h2-12H,1H3,(H,21,23). The first-order valence-electron chi connectivity index (χ1n) is 7.61. The van der Waals surface area contributed by atoms with Crippen molar-refractivity contribution in [2.45, 2.75) is 6.92 Å². The number of nitrogens with zero attached hydrogens (tertiary/aromatic N) is 2. The largest absolute Gasteiger partial charge is 0.459 e. The lowest BCUT2D eigenvalue weighted by Crippen LogP contribution is -2.11. The van der Waals surface area contributed by atoms with E-state index < -0.39 is 0 Å². The van der Waals surface area contributed by atoms with E-state index in [1.54, 1.807) is 12.1 Å². The second-order valence-electron chi connectivity index (χ2n) is 5.53. The second kappa shape index (κ2) is 5.70. The molecule has 3 heterocycles. The summed E-state index contributed by atoms with van der Waals surface area (Å²) in [6.45, 7) is 2.02. The highest BCUT2D eigenvalue weighted by molar-refractivity contribution is 6.04. The second-order valence-corrected chi connectivity index (χ2v) is 5.53. The number of anilines is 1. The minimum atomic E-state index is -0.285. The summed E-state index contributed by atoms with van der Waals surface area (Å²) >= 11 is 0. The maximum atomic E-state index is 12.3. The fraction of sp³-hybridized carbons (Fsp3) is 0.0526. The van der Waals surface area contributed by atoms with Crippen LogP contribution in [0.2, 0.25) is 0 Å². The number of furan rings is 1.